The van der Waals surface area contributed by atoms with E-state index in [0.29, 0.717) is 17.9 Å². The molecule has 0 unspecified atom stereocenters. The van der Waals surface area contributed by atoms with Crippen molar-refractivity contribution in [1.82, 2.24) is 4.90 Å². The van der Waals surface area contributed by atoms with E-state index >= 15 is 0 Å². The summed E-state index contributed by atoms with van der Waals surface area (Å²) in [6, 6.07) is 10.4. The smallest absolute Gasteiger partial charge is 0.289 e. The van der Waals surface area contributed by atoms with Gasteiger partial charge in [0, 0.05) is 19.2 Å². The molecule has 0 saturated heterocycles. The number of hydrogen-bond donors (Lipinski definition) is 2. The van der Waals surface area contributed by atoms with Crippen molar-refractivity contribution in [2.75, 3.05) is 7.05 Å². The van der Waals surface area contributed by atoms with Crippen LogP contribution in [0.1, 0.15) is 21.7 Å². The lowest BCUT2D eigenvalue weighted by Crippen LogP contribution is -2.26. The Kier molecular flexibility index (Phi) is 4.05. The fraction of sp³-hybridized carbons (Fsp3) is 0.143. The van der Waals surface area contributed by atoms with Crippen LogP contribution in [0.3, 0.4) is 0 Å². The van der Waals surface area contributed by atoms with Gasteiger partial charge in [-0.25, -0.2) is 0 Å². The van der Waals surface area contributed by atoms with Crippen molar-refractivity contribution in [2.45, 2.75) is 6.54 Å². The molecule has 3 N–H and O–H groups in total. The quantitative estimate of drug-likeness (QED) is 0.383. The fourth-order valence-corrected chi connectivity index (χ4v) is 1.82. The maximum Gasteiger partial charge on any atom is 0.289 e. The van der Waals surface area contributed by atoms with E-state index in [1.807, 2.05) is 6.07 Å². The molecule has 0 radical (unpaired) electrons. The van der Waals surface area contributed by atoms with Crippen molar-refractivity contribution in [3.05, 3.63) is 59.5 Å². The Labute approximate surface area is 116 Å². The minimum Gasteiger partial charge on any atom is -0.459 e. The summed E-state index contributed by atoms with van der Waals surface area (Å²) in [6.45, 7) is 0.395. The monoisotopic (exact) mass is 273 g/mol. The van der Waals surface area contributed by atoms with Gasteiger partial charge in [-0.05, 0) is 23.8 Å². The predicted octanol–water partition coefficient (Wildman–Crippen LogP) is 1.65. The molecule has 0 fully saturated rings. The molecule has 2 aromatic rings. The summed E-state index contributed by atoms with van der Waals surface area (Å²) < 4.78 is 5.07. The van der Waals surface area contributed by atoms with Crippen LogP contribution in [0, 0.1) is 0 Å². The van der Waals surface area contributed by atoms with Crippen molar-refractivity contribution >= 4 is 11.7 Å². The van der Waals surface area contributed by atoms with Crippen molar-refractivity contribution in [2.24, 2.45) is 10.9 Å². The number of nitrogens with two attached hydrogens (primary N) is 1. The minimum absolute atomic E-state index is 0.0341. The van der Waals surface area contributed by atoms with Crippen LogP contribution >= 0.6 is 0 Å². The second-order valence-corrected chi connectivity index (χ2v) is 4.32. The molecule has 1 aromatic heterocycles. The minimum atomic E-state index is -0.204. The number of oxime groups is 1. The Morgan fingerprint density at radius 2 is 2.20 bits per heavy atom. The summed E-state index contributed by atoms with van der Waals surface area (Å²) in [5, 5.41) is 11.6. The molecule has 0 aliphatic carbocycles. The average Bonchev–Trinajstić information content (AvgIpc) is 3.00. The third-order valence-electron chi connectivity index (χ3n) is 2.83. The number of rotatable bonds is 4. The first kappa shape index (κ1) is 13.7. The second-order valence-electron chi connectivity index (χ2n) is 4.32. The Hall–Kier alpha value is -2.76. The highest BCUT2D eigenvalue weighted by atomic mass is 16.4. The number of amidine groups is 1. The van der Waals surface area contributed by atoms with Gasteiger partial charge < -0.3 is 20.3 Å². The zero-order valence-corrected chi connectivity index (χ0v) is 11.0. The maximum absolute atomic E-state index is 12.0. The lowest BCUT2D eigenvalue weighted by molar-refractivity contribution is 0.0753. The van der Waals surface area contributed by atoms with Gasteiger partial charge in [0.15, 0.2) is 11.6 Å². The van der Waals surface area contributed by atoms with Gasteiger partial charge in [0.05, 0.1) is 6.26 Å². The molecule has 0 aliphatic heterocycles. The van der Waals surface area contributed by atoms with E-state index < -0.39 is 0 Å². The van der Waals surface area contributed by atoms with E-state index in [9.17, 15) is 4.79 Å². The Morgan fingerprint density at radius 1 is 1.40 bits per heavy atom. The number of hydrogen-bond acceptors (Lipinski definition) is 4. The summed E-state index contributed by atoms with van der Waals surface area (Å²) in [7, 11) is 1.68. The van der Waals surface area contributed by atoms with Crippen LogP contribution in [0.5, 0.6) is 0 Å². The maximum atomic E-state index is 12.0. The Morgan fingerprint density at radius 3 is 2.85 bits per heavy atom. The van der Waals surface area contributed by atoms with Gasteiger partial charge in [-0.15, -0.1) is 0 Å². The number of carbonyl (C=O) groups is 1. The van der Waals surface area contributed by atoms with Gasteiger partial charge in [-0.1, -0.05) is 23.4 Å². The second kappa shape index (κ2) is 5.92. The number of furan rings is 1. The zero-order valence-electron chi connectivity index (χ0n) is 11.0. The normalized spacial score (nSPS) is 11.3. The summed E-state index contributed by atoms with van der Waals surface area (Å²) in [4.78, 5) is 13.6. The topological polar surface area (TPSA) is 92.1 Å². The number of nitrogens with zero attached hydrogens (tertiary/aromatic N) is 2. The van der Waals surface area contributed by atoms with Gasteiger partial charge in [-0.3, -0.25) is 4.79 Å². The first-order valence-electron chi connectivity index (χ1n) is 5.97. The standard InChI is InChI=1S/C14H15N3O3/c1-17(14(18)12-6-3-7-20-12)9-10-4-2-5-11(8-10)13(15)16-19/h2-8,19H,9H2,1H3,(H2,15,16). The van der Waals surface area contributed by atoms with Gasteiger partial charge in [-0.2, -0.15) is 0 Å². The SMILES string of the molecule is CN(Cc1cccc(C(N)=NO)c1)C(=O)c1ccco1. The van der Waals surface area contributed by atoms with Crippen LogP contribution in [0.2, 0.25) is 0 Å². The third kappa shape index (κ3) is 2.97. The average molecular weight is 273 g/mol. The first-order chi connectivity index (χ1) is 9.61. The number of amides is 1. The summed E-state index contributed by atoms with van der Waals surface area (Å²) >= 11 is 0. The van der Waals surface area contributed by atoms with E-state index in [4.69, 9.17) is 15.4 Å². The highest BCUT2D eigenvalue weighted by Gasteiger charge is 2.14. The van der Waals surface area contributed by atoms with Crippen LogP contribution in [0.25, 0.3) is 0 Å². The molecule has 1 amide bonds. The molecule has 0 spiro atoms. The van der Waals surface area contributed by atoms with E-state index in [0.717, 1.165) is 5.56 Å². The molecule has 0 aliphatic rings. The molecule has 1 aromatic carbocycles. The van der Waals surface area contributed by atoms with Crippen LogP contribution in [-0.4, -0.2) is 28.9 Å². The molecule has 0 bridgehead atoms. The van der Waals surface area contributed by atoms with Gasteiger partial charge in [0.25, 0.3) is 5.91 Å². The molecular weight excluding hydrogens is 258 g/mol. The van der Waals surface area contributed by atoms with Gasteiger partial charge >= 0.3 is 0 Å². The molecule has 0 saturated carbocycles. The molecule has 0 atom stereocenters. The Bertz CT molecular complexity index is 620. The molecule has 104 valence electrons. The van der Waals surface area contributed by atoms with Crippen molar-refractivity contribution in [3.63, 3.8) is 0 Å². The summed E-state index contributed by atoms with van der Waals surface area (Å²) in [6.07, 6.45) is 1.46. The molecule has 20 heavy (non-hydrogen) atoms. The molecule has 2 rings (SSSR count). The van der Waals surface area contributed by atoms with Crippen molar-refractivity contribution in [1.29, 1.82) is 0 Å². The molecule has 6 nitrogen and oxygen atoms in total. The fourth-order valence-electron chi connectivity index (χ4n) is 1.82. The lowest BCUT2D eigenvalue weighted by atomic mass is 10.1. The summed E-state index contributed by atoms with van der Waals surface area (Å²) in [5.74, 6) is 0.121. The zero-order chi connectivity index (χ0) is 14.5. The molecule has 6 heteroatoms. The highest BCUT2D eigenvalue weighted by Crippen LogP contribution is 2.11. The first-order valence-corrected chi connectivity index (χ1v) is 5.97. The van der Waals surface area contributed by atoms with Crippen molar-refractivity contribution in [3.8, 4) is 0 Å². The van der Waals surface area contributed by atoms with E-state index in [-0.39, 0.29) is 11.7 Å². The lowest BCUT2D eigenvalue weighted by Gasteiger charge is -2.16. The third-order valence-corrected chi connectivity index (χ3v) is 2.83. The van der Waals surface area contributed by atoms with Gasteiger partial charge in [0.2, 0.25) is 0 Å². The van der Waals surface area contributed by atoms with Crippen LogP contribution < -0.4 is 5.73 Å². The van der Waals surface area contributed by atoms with Crippen LogP contribution in [0.15, 0.2) is 52.2 Å². The van der Waals surface area contributed by atoms with E-state index in [1.54, 1.807) is 37.4 Å². The Balaban J connectivity index is 2.12. The largest absolute Gasteiger partial charge is 0.459 e. The number of benzene rings is 1. The summed E-state index contributed by atoms with van der Waals surface area (Å²) in [5.41, 5.74) is 7.01. The molecular formula is C14H15N3O3. The molecule has 1 heterocycles. The van der Waals surface area contributed by atoms with E-state index in [1.165, 1.54) is 11.2 Å². The predicted molar refractivity (Wildman–Crippen MR) is 73.5 cm³/mol. The van der Waals surface area contributed by atoms with Crippen LogP contribution in [-0.2, 0) is 6.54 Å². The van der Waals surface area contributed by atoms with E-state index in [2.05, 4.69) is 5.16 Å². The van der Waals surface area contributed by atoms with Crippen molar-refractivity contribution < 1.29 is 14.4 Å². The number of carbonyl (C=O) groups excluding carboxylic acids is 1. The van der Waals surface area contributed by atoms with Crippen LogP contribution in [0.4, 0.5) is 0 Å². The highest BCUT2D eigenvalue weighted by molar-refractivity contribution is 5.97. The van der Waals surface area contributed by atoms with Gasteiger partial charge in [0.1, 0.15) is 0 Å².